The number of nitrogens with zero attached hydrogens (tertiary/aromatic N) is 3. The molecule has 0 bridgehead atoms. The van der Waals surface area contributed by atoms with E-state index in [1.165, 1.54) is 0 Å². The zero-order valence-electron chi connectivity index (χ0n) is 20.3. The smallest absolute Gasteiger partial charge is 0.294 e. The number of para-hydroxylation sites is 1. The number of amides is 1. The zero-order chi connectivity index (χ0) is 25.2. The Labute approximate surface area is 217 Å². The van der Waals surface area contributed by atoms with E-state index in [1.807, 2.05) is 36.4 Å². The Morgan fingerprint density at radius 3 is 2.61 bits per heavy atom. The van der Waals surface area contributed by atoms with E-state index in [0.29, 0.717) is 35.9 Å². The maximum Gasteiger partial charge on any atom is 0.294 e. The monoisotopic (exact) mass is 547 g/mol. The van der Waals surface area contributed by atoms with Crippen LogP contribution in [0.15, 0.2) is 51.6 Å². The molecule has 0 atom stereocenters. The van der Waals surface area contributed by atoms with Gasteiger partial charge in [-0.15, -0.1) is 0 Å². The summed E-state index contributed by atoms with van der Waals surface area (Å²) >= 11 is 3.45. The van der Waals surface area contributed by atoms with Crippen LogP contribution in [0.5, 0.6) is 5.75 Å². The van der Waals surface area contributed by atoms with Gasteiger partial charge in [0.15, 0.2) is 0 Å². The number of aromatic nitrogens is 3. The number of aryl methyl sites for hydroxylation is 3. The van der Waals surface area contributed by atoms with E-state index in [-0.39, 0.29) is 11.7 Å². The summed E-state index contributed by atoms with van der Waals surface area (Å²) in [5.74, 6) is 0.993. The predicted molar refractivity (Wildman–Crippen MR) is 142 cm³/mol. The Kier molecular flexibility index (Phi) is 6.73. The van der Waals surface area contributed by atoms with E-state index in [1.54, 1.807) is 13.3 Å². The molecule has 9 heteroatoms. The Hall–Kier alpha value is -3.72. The van der Waals surface area contributed by atoms with Crippen LogP contribution < -0.4 is 15.4 Å². The molecule has 2 aromatic heterocycles. The quantitative estimate of drug-likeness (QED) is 0.287. The average Bonchev–Trinajstić information content (AvgIpc) is 3.34. The van der Waals surface area contributed by atoms with Crippen LogP contribution in [0.2, 0.25) is 0 Å². The van der Waals surface area contributed by atoms with Crippen LogP contribution >= 0.6 is 15.9 Å². The van der Waals surface area contributed by atoms with Gasteiger partial charge in [0.1, 0.15) is 17.1 Å². The number of benzene rings is 2. The Morgan fingerprint density at radius 2 is 1.89 bits per heavy atom. The van der Waals surface area contributed by atoms with Gasteiger partial charge in [-0.2, -0.15) is 0 Å². The van der Waals surface area contributed by atoms with Gasteiger partial charge in [0.2, 0.25) is 11.7 Å². The van der Waals surface area contributed by atoms with Gasteiger partial charge in [0.25, 0.3) is 5.91 Å². The molecule has 1 amide bonds. The molecule has 2 heterocycles. The molecule has 0 saturated heterocycles. The molecule has 5 rings (SSSR count). The standard InChI is InChI=1S/C27H26BrN5O3/c1-4-15-7-6-8-16(5-2)22(15)31-26(34)25-19-11-9-17-14-29-27(32-23(17)24(19)33-36-25)30-20-12-10-18(28)13-21(20)35-3/h6-8,10,12-14H,4-5,9,11H2,1-3H3,(H,31,34)(H,29,30,32). The van der Waals surface area contributed by atoms with E-state index >= 15 is 0 Å². The number of carbonyl (C=O) groups excluding carboxylic acids is 1. The third-order valence-corrected chi connectivity index (χ3v) is 6.87. The summed E-state index contributed by atoms with van der Waals surface area (Å²) in [6, 6.07) is 11.7. The molecule has 36 heavy (non-hydrogen) atoms. The summed E-state index contributed by atoms with van der Waals surface area (Å²) in [4.78, 5) is 22.5. The fraction of sp³-hybridized carbons (Fsp3) is 0.259. The summed E-state index contributed by atoms with van der Waals surface area (Å²) in [5, 5.41) is 10.6. The molecule has 0 spiro atoms. The Balaban J connectivity index is 1.45. The number of nitrogens with one attached hydrogen (secondary N) is 2. The number of anilines is 3. The molecule has 0 radical (unpaired) electrons. The van der Waals surface area contributed by atoms with Crippen molar-refractivity contribution in [3.63, 3.8) is 0 Å². The second-order valence-electron chi connectivity index (χ2n) is 8.49. The molecule has 1 aliphatic carbocycles. The van der Waals surface area contributed by atoms with Crippen molar-refractivity contribution in [2.75, 3.05) is 17.7 Å². The van der Waals surface area contributed by atoms with Gasteiger partial charge in [-0.25, -0.2) is 9.97 Å². The van der Waals surface area contributed by atoms with Crippen LogP contribution in [0.4, 0.5) is 17.3 Å². The van der Waals surface area contributed by atoms with E-state index in [0.717, 1.165) is 50.9 Å². The predicted octanol–water partition coefficient (Wildman–Crippen LogP) is 6.12. The number of hydrogen-bond donors (Lipinski definition) is 2. The van der Waals surface area contributed by atoms with Gasteiger partial charge in [-0.05, 0) is 60.6 Å². The molecule has 0 saturated carbocycles. The van der Waals surface area contributed by atoms with Crippen molar-refractivity contribution in [3.8, 4) is 17.1 Å². The first kappa shape index (κ1) is 24.0. The van der Waals surface area contributed by atoms with Gasteiger partial charge < -0.3 is 19.9 Å². The normalized spacial score (nSPS) is 12.0. The van der Waals surface area contributed by atoms with Crippen molar-refractivity contribution in [3.05, 3.63) is 75.1 Å². The lowest BCUT2D eigenvalue weighted by Gasteiger charge is -2.16. The minimum atomic E-state index is -0.296. The second-order valence-corrected chi connectivity index (χ2v) is 9.40. The fourth-order valence-corrected chi connectivity index (χ4v) is 4.82. The lowest BCUT2D eigenvalue weighted by molar-refractivity contribution is 0.0986. The van der Waals surface area contributed by atoms with Crippen molar-refractivity contribution in [2.24, 2.45) is 0 Å². The van der Waals surface area contributed by atoms with E-state index in [4.69, 9.17) is 14.2 Å². The Bertz CT molecular complexity index is 1430. The maximum absolute atomic E-state index is 13.3. The number of carbonyl (C=O) groups is 1. The van der Waals surface area contributed by atoms with Gasteiger partial charge in [-0.1, -0.05) is 53.1 Å². The van der Waals surface area contributed by atoms with Gasteiger partial charge >= 0.3 is 0 Å². The molecule has 0 aliphatic heterocycles. The summed E-state index contributed by atoms with van der Waals surface area (Å²) < 4.78 is 12.0. The summed E-state index contributed by atoms with van der Waals surface area (Å²) in [5.41, 5.74) is 6.73. The highest BCUT2D eigenvalue weighted by atomic mass is 79.9. The van der Waals surface area contributed by atoms with E-state index < -0.39 is 0 Å². The van der Waals surface area contributed by atoms with Crippen molar-refractivity contribution in [1.29, 1.82) is 0 Å². The van der Waals surface area contributed by atoms with Crippen LogP contribution in [-0.4, -0.2) is 28.1 Å². The largest absolute Gasteiger partial charge is 0.495 e. The first-order chi connectivity index (χ1) is 17.5. The third-order valence-electron chi connectivity index (χ3n) is 6.37. The lowest BCUT2D eigenvalue weighted by Crippen LogP contribution is -2.17. The molecule has 0 fully saturated rings. The molecular weight excluding hydrogens is 522 g/mol. The summed E-state index contributed by atoms with van der Waals surface area (Å²) in [7, 11) is 1.61. The molecule has 0 unspecified atom stereocenters. The average molecular weight is 548 g/mol. The van der Waals surface area contributed by atoms with Gasteiger partial charge in [-0.3, -0.25) is 4.79 Å². The minimum Gasteiger partial charge on any atom is -0.495 e. The van der Waals surface area contributed by atoms with E-state index in [9.17, 15) is 4.79 Å². The minimum absolute atomic E-state index is 0.228. The van der Waals surface area contributed by atoms with Crippen LogP contribution in [0, 0.1) is 0 Å². The lowest BCUT2D eigenvalue weighted by atomic mass is 9.93. The highest BCUT2D eigenvalue weighted by Crippen LogP contribution is 2.35. The maximum atomic E-state index is 13.3. The number of ether oxygens (including phenoxy) is 1. The number of methoxy groups -OCH3 is 1. The Morgan fingerprint density at radius 1 is 1.11 bits per heavy atom. The number of halogens is 1. The highest BCUT2D eigenvalue weighted by Gasteiger charge is 2.30. The topological polar surface area (TPSA) is 102 Å². The summed E-state index contributed by atoms with van der Waals surface area (Å²) in [6.07, 6.45) is 4.75. The van der Waals surface area contributed by atoms with Crippen LogP contribution in [-0.2, 0) is 25.7 Å². The highest BCUT2D eigenvalue weighted by molar-refractivity contribution is 9.10. The first-order valence-corrected chi connectivity index (χ1v) is 12.7. The van der Waals surface area contributed by atoms with Gasteiger partial charge in [0.05, 0.1) is 12.8 Å². The number of rotatable bonds is 7. The van der Waals surface area contributed by atoms with Crippen molar-refractivity contribution >= 4 is 39.2 Å². The third kappa shape index (κ3) is 4.46. The van der Waals surface area contributed by atoms with Crippen molar-refractivity contribution in [1.82, 2.24) is 15.1 Å². The van der Waals surface area contributed by atoms with Crippen LogP contribution in [0.3, 0.4) is 0 Å². The van der Waals surface area contributed by atoms with Gasteiger partial charge in [0, 0.05) is 21.9 Å². The number of fused-ring (bicyclic) bond motifs is 3. The summed E-state index contributed by atoms with van der Waals surface area (Å²) in [6.45, 7) is 4.15. The van der Waals surface area contributed by atoms with Crippen molar-refractivity contribution in [2.45, 2.75) is 39.5 Å². The van der Waals surface area contributed by atoms with Crippen LogP contribution in [0.1, 0.15) is 46.7 Å². The number of hydrogen-bond acceptors (Lipinski definition) is 7. The first-order valence-electron chi connectivity index (χ1n) is 11.9. The van der Waals surface area contributed by atoms with Crippen molar-refractivity contribution < 1.29 is 14.1 Å². The second kappa shape index (κ2) is 10.1. The molecule has 2 aromatic carbocycles. The fourth-order valence-electron chi connectivity index (χ4n) is 4.48. The SMILES string of the molecule is CCc1cccc(CC)c1NC(=O)c1onc2c1CCc1cnc(Nc3ccc(Br)cc3OC)nc1-2. The molecule has 2 N–H and O–H groups in total. The molecule has 184 valence electrons. The molecule has 8 nitrogen and oxygen atoms in total. The molecule has 1 aliphatic rings. The van der Waals surface area contributed by atoms with E-state index in [2.05, 4.69) is 50.6 Å². The molecular formula is C27H26BrN5O3. The zero-order valence-corrected chi connectivity index (χ0v) is 21.9. The van der Waals surface area contributed by atoms with Crippen LogP contribution in [0.25, 0.3) is 11.4 Å². The molecule has 4 aromatic rings.